The van der Waals surface area contributed by atoms with E-state index in [1.807, 2.05) is 0 Å². The topological polar surface area (TPSA) is 99.4 Å². The van der Waals surface area contributed by atoms with E-state index in [1.54, 1.807) is 24.3 Å². The lowest BCUT2D eigenvalue weighted by molar-refractivity contribution is -0.255. The van der Waals surface area contributed by atoms with Crippen LogP contribution in [-0.2, 0) is 0 Å². The Bertz CT molecular complexity index is 957. The molecule has 3 rings (SSSR count). The zero-order chi connectivity index (χ0) is 16.4. The smallest absolute Gasteiger partial charge is 0.349 e. The molecule has 0 atom stereocenters. The number of fused-ring (bicyclic) bond motifs is 1. The van der Waals surface area contributed by atoms with E-state index in [4.69, 9.17) is 4.42 Å². The second-order valence-electron chi connectivity index (χ2n) is 4.80. The van der Waals surface area contributed by atoms with Crippen molar-refractivity contribution in [2.45, 2.75) is 0 Å². The largest absolute Gasteiger partial charge is 0.545 e. The number of para-hydroxylation sites is 1. The first-order chi connectivity index (χ1) is 11.0. The first-order valence-corrected chi connectivity index (χ1v) is 6.70. The van der Waals surface area contributed by atoms with E-state index in [9.17, 15) is 19.5 Å². The van der Waals surface area contributed by atoms with Crippen molar-refractivity contribution in [3.8, 4) is 0 Å². The predicted molar refractivity (Wildman–Crippen MR) is 81.2 cm³/mol. The summed E-state index contributed by atoms with van der Waals surface area (Å²) in [6.45, 7) is 0. The molecule has 1 aromatic heterocycles. The maximum atomic E-state index is 12.2. The van der Waals surface area contributed by atoms with E-state index < -0.39 is 17.5 Å². The number of carbonyl (C=O) groups excluding carboxylic acids is 2. The summed E-state index contributed by atoms with van der Waals surface area (Å²) in [4.78, 5) is 34.8. The Kier molecular flexibility index (Phi) is 3.64. The standard InChI is InChI=1S/C17H11NO5/c19-15(18-12-7-5-10(6-8-12)16(20)21)13-9-11-3-1-2-4-14(11)23-17(13)22/h1-9H,(H,18,19)(H,20,21)/p-1. The Morgan fingerprint density at radius 3 is 2.39 bits per heavy atom. The molecule has 1 amide bonds. The molecule has 0 bridgehead atoms. The Balaban J connectivity index is 1.89. The lowest BCUT2D eigenvalue weighted by atomic mass is 10.1. The molecule has 0 radical (unpaired) electrons. The molecule has 3 aromatic rings. The number of hydrogen-bond donors (Lipinski definition) is 1. The summed E-state index contributed by atoms with van der Waals surface area (Å²) in [7, 11) is 0. The van der Waals surface area contributed by atoms with Crippen LogP contribution in [0.5, 0.6) is 0 Å². The van der Waals surface area contributed by atoms with Crippen LogP contribution in [0.3, 0.4) is 0 Å². The van der Waals surface area contributed by atoms with Crippen molar-refractivity contribution in [1.82, 2.24) is 0 Å². The first-order valence-electron chi connectivity index (χ1n) is 6.70. The van der Waals surface area contributed by atoms with Crippen LogP contribution in [-0.4, -0.2) is 11.9 Å². The molecule has 0 fully saturated rings. The molecular weight excluding hydrogens is 298 g/mol. The van der Waals surface area contributed by atoms with Gasteiger partial charge in [-0.25, -0.2) is 4.79 Å². The van der Waals surface area contributed by atoms with Crippen LogP contribution >= 0.6 is 0 Å². The zero-order valence-electron chi connectivity index (χ0n) is 11.7. The third kappa shape index (κ3) is 2.96. The van der Waals surface area contributed by atoms with E-state index in [-0.39, 0.29) is 11.1 Å². The fourth-order valence-corrected chi connectivity index (χ4v) is 2.11. The molecular formula is C17H10NO5-. The number of aromatic carboxylic acids is 1. The summed E-state index contributed by atoms with van der Waals surface area (Å²) < 4.78 is 5.10. The summed E-state index contributed by atoms with van der Waals surface area (Å²) in [5, 5.41) is 13.8. The van der Waals surface area contributed by atoms with Crippen molar-refractivity contribution in [3.05, 3.63) is 76.1 Å². The van der Waals surface area contributed by atoms with Gasteiger partial charge < -0.3 is 19.6 Å². The number of carboxylic acids is 1. The zero-order valence-corrected chi connectivity index (χ0v) is 11.7. The van der Waals surface area contributed by atoms with Crippen LogP contribution in [0.2, 0.25) is 0 Å². The van der Waals surface area contributed by atoms with Crippen molar-refractivity contribution in [1.29, 1.82) is 0 Å². The molecule has 0 saturated heterocycles. The lowest BCUT2D eigenvalue weighted by Gasteiger charge is -2.07. The van der Waals surface area contributed by atoms with Crippen LogP contribution in [0.4, 0.5) is 5.69 Å². The van der Waals surface area contributed by atoms with Gasteiger partial charge >= 0.3 is 5.63 Å². The first kappa shape index (κ1) is 14.5. The molecule has 0 saturated carbocycles. The number of carboxylic acid groups (broad SMARTS) is 1. The normalized spacial score (nSPS) is 10.4. The van der Waals surface area contributed by atoms with Crippen LogP contribution < -0.4 is 16.0 Å². The van der Waals surface area contributed by atoms with E-state index in [1.165, 1.54) is 30.3 Å². The molecule has 23 heavy (non-hydrogen) atoms. The SMILES string of the molecule is O=C([O-])c1ccc(NC(=O)c2cc3ccccc3oc2=O)cc1. The third-order valence-electron chi connectivity index (χ3n) is 3.26. The quantitative estimate of drug-likeness (QED) is 0.737. The number of hydrogen-bond acceptors (Lipinski definition) is 5. The van der Waals surface area contributed by atoms with E-state index >= 15 is 0 Å². The van der Waals surface area contributed by atoms with Gasteiger partial charge in [0.05, 0.1) is 5.97 Å². The van der Waals surface area contributed by atoms with Crippen molar-refractivity contribution < 1.29 is 19.1 Å². The average Bonchev–Trinajstić information content (AvgIpc) is 2.54. The fraction of sp³-hybridized carbons (Fsp3) is 0. The number of rotatable bonds is 3. The van der Waals surface area contributed by atoms with Gasteiger partial charge in [0.2, 0.25) is 0 Å². The van der Waals surface area contributed by atoms with Gasteiger partial charge in [0.25, 0.3) is 5.91 Å². The Morgan fingerprint density at radius 2 is 1.70 bits per heavy atom. The average molecular weight is 308 g/mol. The van der Waals surface area contributed by atoms with E-state index in [0.717, 1.165) is 0 Å². The number of carbonyl (C=O) groups is 2. The molecule has 1 N–H and O–H groups in total. The van der Waals surface area contributed by atoms with Crippen molar-refractivity contribution in [2.24, 2.45) is 0 Å². The van der Waals surface area contributed by atoms with E-state index in [0.29, 0.717) is 16.7 Å². The Hall–Kier alpha value is -3.41. The molecule has 2 aromatic carbocycles. The molecule has 114 valence electrons. The number of benzene rings is 2. The van der Waals surface area contributed by atoms with Gasteiger partial charge in [-0.1, -0.05) is 30.3 Å². The minimum Gasteiger partial charge on any atom is -0.545 e. The number of amides is 1. The van der Waals surface area contributed by atoms with Crippen molar-refractivity contribution >= 4 is 28.5 Å². The van der Waals surface area contributed by atoms with Gasteiger partial charge in [0.1, 0.15) is 11.1 Å². The van der Waals surface area contributed by atoms with Crippen LogP contribution in [0.15, 0.2) is 63.8 Å². The highest BCUT2D eigenvalue weighted by atomic mass is 16.4. The highest BCUT2D eigenvalue weighted by Crippen LogP contribution is 2.14. The highest BCUT2D eigenvalue weighted by molar-refractivity contribution is 6.05. The summed E-state index contributed by atoms with van der Waals surface area (Å²) in [5.41, 5.74) is -0.131. The number of nitrogens with one attached hydrogen (secondary N) is 1. The second-order valence-corrected chi connectivity index (χ2v) is 4.80. The summed E-state index contributed by atoms with van der Waals surface area (Å²) in [6, 6.07) is 13.7. The monoisotopic (exact) mass is 308 g/mol. The van der Waals surface area contributed by atoms with Gasteiger partial charge in [-0.05, 0) is 29.8 Å². The predicted octanol–water partition coefficient (Wildman–Crippen LogP) is 1.41. The van der Waals surface area contributed by atoms with Gasteiger partial charge in [0, 0.05) is 11.1 Å². The van der Waals surface area contributed by atoms with Gasteiger partial charge in [0.15, 0.2) is 0 Å². The van der Waals surface area contributed by atoms with Gasteiger partial charge in [-0.3, -0.25) is 4.79 Å². The van der Waals surface area contributed by atoms with Crippen LogP contribution in [0.25, 0.3) is 11.0 Å². The van der Waals surface area contributed by atoms with Crippen LogP contribution in [0, 0.1) is 0 Å². The summed E-state index contributed by atoms with van der Waals surface area (Å²) in [6.07, 6.45) is 0. The Morgan fingerprint density at radius 1 is 1.00 bits per heavy atom. The molecule has 0 aliphatic heterocycles. The van der Waals surface area contributed by atoms with Gasteiger partial charge in [-0.2, -0.15) is 0 Å². The van der Waals surface area contributed by atoms with Crippen molar-refractivity contribution in [3.63, 3.8) is 0 Å². The molecule has 0 aliphatic rings. The molecule has 0 spiro atoms. The molecule has 1 heterocycles. The fourth-order valence-electron chi connectivity index (χ4n) is 2.11. The lowest BCUT2D eigenvalue weighted by Crippen LogP contribution is -2.22. The maximum absolute atomic E-state index is 12.2. The molecule has 0 aliphatic carbocycles. The molecule has 6 heteroatoms. The van der Waals surface area contributed by atoms with E-state index in [2.05, 4.69) is 5.32 Å². The van der Waals surface area contributed by atoms with Crippen molar-refractivity contribution in [2.75, 3.05) is 5.32 Å². The maximum Gasteiger partial charge on any atom is 0.349 e. The third-order valence-corrected chi connectivity index (χ3v) is 3.26. The van der Waals surface area contributed by atoms with Gasteiger partial charge in [-0.15, -0.1) is 0 Å². The summed E-state index contributed by atoms with van der Waals surface area (Å²) >= 11 is 0. The van der Waals surface area contributed by atoms with Crippen LogP contribution in [0.1, 0.15) is 20.7 Å². The molecule has 0 unspecified atom stereocenters. The highest BCUT2D eigenvalue weighted by Gasteiger charge is 2.13. The minimum absolute atomic E-state index is 0.00628. The number of anilines is 1. The molecule has 6 nitrogen and oxygen atoms in total. The Labute approximate surface area is 130 Å². The minimum atomic E-state index is -1.31. The summed E-state index contributed by atoms with van der Waals surface area (Å²) in [5.74, 6) is -1.94. The second kappa shape index (κ2) is 5.76.